The first kappa shape index (κ1) is 20.3. The van der Waals surface area contributed by atoms with Crippen molar-refractivity contribution in [1.82, 2.24) is 35.0 Å². The lowest BCUT2D eigenvalue weighted by molar-refractivity contribution is 0.0878. The summed E-state index contributed by atoms with van der Waals surface area (Å²) >= 11 is 0. The van der Waals surface area contributed by atoms with Gasteiger partial charge in [0, 0.05) is 38.3 Å². The molecule has 164 valence electrons. The number of aromatic nitrogens is 5. The van der Waals surface area contributed by atoms with Crippen molar-refractivity contribution in [3.8, 4) is 0 Å². The molecule has 2 saturated heterocycles. The van der Waals surface area contributed by atoms with Crippen LogP contribution in [0.1, 0.15) is 35.8 Å². The summed E-state index contributed by atoms with van der Waals surface area (Å²) in [5.74, 6) is 0.706. The molecule has 1 aromatic carbocycles. The third kappa shape index (κ3) is 4.00. The van der Waals surface area contributed by atoms with E-state index in [0.717, 1.165) is 62.1 Å². The Morgan fingerprint density at radius 1 is 1.26 bits per heavy atom. The minimum atomic E-state index is -0.307. The third-order valence-corrected chi connectivity index (χ3v) is 6.52. The fourth-order valence-corrected chi connectivity index (χ4v) is 4.70. The number of rotatable bonds is 5. The summed E-state index contributed by atoms with van der Waals surface area (Å²) in [4.78, 5) is 21.0. The molecule has 0 spiro atoms. The van der Waals surface area contributed by atoms with Crippen LogP contribution in [-0.2, 0) is 11.3 Å². The Kier molecular flexibility index (Phi) is 5.56. The van der Waals surface area contributed by atoms with E-state index in [0.29, 0.717) is 17.9 Å². The van der Waals surface area contributed by atoms with Crippen LogP contribution in [0.3, 0.4) is 0 Å². The number of nitrogens with one attached hydrogen (secondary N) is 1. The Labute approximate surface area is 181 Å². The van der Waals surface area contributed by atoms with Gasteiger partial charge in [0.1, 0.15) is 6.04 Å². The molecule has 3 aromatic rings. The minimum absolute atomic E-state index is 0.0857. The molecule has 0 saturated carbocycles. The second-order valence-corrected chi connectivity index (χ2v) is 8.69. The van der Waals surface area contributed by atoms with Gasteiger partial charge in [-0.3, -0.25) is 9.69 Å². The van der Waals surface area contributed by atoms with Gasteiger partial charge in [0.15, 0.2) is 5.82 Å². The van der Waals surface area contributed by atoms with E-state index in [2.05, 4.69) is 37.4 Å². The number of benzene rings is 1. The van der Waals surface area contributed by atoms with Gasteiger partial charge >= 0.3 is 0 Å². The smallest absolute Gasteiger partial charge is 0.253 e. The number of hydrogen-bond acceptors (Lipinski definition) is 7. The zero-order valence-corrected chi connectivity index (χ0v) is 18.1. The van der Waals surface area contributed by atoms with Gasteiger partial charge in [-0.2, -0.15) is 0 Å². The Morgan fingerprint density at radius 3 is 2.87 bits per heavy atom. The Balaban J connectivity index is 1.59. The van der Waals surface area contributed by atoms with E-state index in [9.17, 15) is 4.79 Å². The number of aromatic amines is 1. The number of para-hydroxylation sites is 1. The molecule has 2 aliphatic heterocycles. The van der Waals surface area contributed by atoms with Gasteiger partial charge in [0.2, 0.25) is 0 Å². The van der Waals surface area contributed by atoms with E-state index >= 15 is 0 Å². The Bertz CT molecular complexity index is 1110. The molecular weight excluding hydrogens is 394 g/mol. The van der Waals surface area contributed by atoms with Crippen LogP contribution < -0.4 is 5.56 Å². The third-order valence-electron chi connectivity index (χ3n) is 6.52. The van der Waals surface area contributed by atoms with Crippen LogP contribution in [0.25, 0.3) is 10.9 Å². The van der Waals surface area contributed by atoms with Crippen molar-refractivity contribution in [2.45, 2.75) is 38.5 Å². The second-order valence-electron chi connectivity index (χ2n) is 8.69. The standard InChI is InChI=1S/C22H29N7O2/c1-15-5-3-6-16-13-18(22(30)23-19(15)16)20(28-10-8-27(2)9-11-28)21-24-25-26-29(21)14-17-7-4-12-31-17/h3,5-6,13,17,20H,4,7-12,14H2,1-2H3,(H,23,30)/t17-,20-/m0/s1. The zero-order valence-electron chi connectivity index (χ0n) is 18.1. The number of tetrazole rings is 1. The average molecular weight is 424 g/mol. The van der Waals surface area contributed by atoms with Gasteiger partial charge in [-0.15, -0.1) is 5.10 Å². The number of ether oxygens (including phenoxy) is 1. The van der Waals surface area contributed by atoms with Gasteiger partial charge in [-0.25, -0.2) is 4.68 Å². The molecule has 0 radical (unpaired) electrons. The number of pyridine rings is 1. The predicted molar refractivity (Wildman–Crippen MR) is 117 cm³/mol. The lowest BCUT2D eigenvalue weighted by Gasteiger charge is -2.37. The summed E-state index contributed by atoms with van der Waals surface area (Å²) < 4.78 is 7.65. The summed E-state index contributed by atoms with van der Waals surface area (Å²) in [5.41, 5.74) is 2.54. The minimum Gasteiger partial charge on any atom is -0.376 e. The normalized spacial score (nSPS) is 21.7. The number of aryl methyl sites for hydroxylation is 1. The van der Waals surface area contributed by atoms with Gasteiger partial charge in [-0.05, 0) is 54.3 Å². The lowest BCUT2D eigenvalue weighted by atomic mass is 10.0. The molecule has 5 rings (SSSR count). The first-order valence-electron chi connectivity index (χ1n) is 11.0. The first-order chi connectivity index (χ1) is 15.1. The van der Waals surface area contributed by atoms with Crippen LogP contribution in [0.5, 0.6) is 0 Å². The molecule has 31 heavy (non-hydrogen) atoms. The van der Waals surface area contributed by atoms with E-state index in [4.69, 9.17) is 4.74 Å². The topological polar surface area (TPSA) is 92.2 Å². The maximum absolute atomic E-state index is 13.3. The van der Waals surface area contributed by atoms with E-state index < -0.39 is 0 Å². The number of nitrogens with zero attached hydrogens (tertiary/aromatic N) is 6. The molecular formula is C22H29N7O2. The SMILES string of the molecule is Cc1cccc2cc([C@@H](c3nnnn3C[C@@H]3CCCO3)N3CCN(C)CC3)c(=O)[nH]c12. The van der Waals surface area contributed by atoms with Gasteiger partial charge in [0.05, 0.1) is 18.2 Å². The van der Waals surface area contributed by atoms with Crippen LogP contribution in [0.15, 0.2) is 29.1 Å². The molecule has 2 aliphatic rings. The van der Waals surface area contributed by atoms with Crippen LogP contribution in [-0.4, -0.2) is 80.9 Å². The number of fused-ring (bicyclic) bond motifs is 1. The average Bonchev–Trinajstić information content (AvgIpc) is 3.44. The molecule has 0 unspecified atom stereocenters. The highest BCUT2D eigenvalue weighted by Crippen LogP contribution is 2.28. The summed E-state index contributed by atoms with van der Waals surface area (Å²) in [6.07, 6.45) is 2.19. The second kappa shape index (κ2) is 8.49. The highest BCUT2D eigenvalue weighted by molar-refractivity contribution is 5.82. The fraction of sp³-hybridized carbons (Fsp3) is 0.545. The monoisotopic (exact) mass is 423 g/mol. The summed E-state index contributed by atoms with van der Waals surface area (Å²) in [6.45, 7) is 6.98. The summed E-state index contributed by atoms with van der Waals surface area (Å²) in [7, 11) is 2.12. The first-order valence-corrected chi connectivity index (χ1v) is 11.0. The molecule has 4 heterocycles. The predicted octanol–water partition coefficient (Wildman–Crippen LogP) is 1.34. The molecule has 2 aromatic heterocycles. The van der Waals surface area contributed by atoms with E-state index in [1.807, 2.05) is 35.9 Å². The van der Waals surface area contributed by atoms with Crippen molar-refractivity contribution in [3.05, 3.63) is 51.6 Å². The summed E-state index contributed by atoms with van der Waals surface area (Å²) in [6, 6.07) is 7.77. The largest absolute Gasteiger partial charge is 0.376 e. The Morgan fingerprint density at radius 2 is 2.10 bits per heavy atom. The van der Waals surface area contributed by atoms with E-state index in [-0.39, 0.29) is 17.7 Å². The molecule has 0 bridgehead atoms. The quantitative estimate of drug-likeness (QED) is 0.662. The van der Waals surface area contributed by atoms with E-state index in [1.165, 1.54) is 0 Å². The van der Waals surface area contributed by atoms with Crippen LogP contribution in [0, 0.1) is 6.92 Å². The van der Waals surface area contributed by atoms with Crippen molar-refractivity contribution < 1.29 is 4.74 Å². The zero-order chi connectivity index (χ0) is 21.4. The van der Waals surface area contributed by atoms with Crippen LogP contribution in [0.2, 0.25) is 0 Å². The van der Waals surface area contributed by atoms with Gasteiger partial charge < -0.3 is 14.6 Å². The maximum atomic E-state index is 13.3. The van der Waals surface area contributed by atoms with Crippen molar-refractivity contribution in [1.29, 1.82) is 0 Å². The number of piperazine rings is 1. The molecule has 9 heteroatoms. The van der Waals surface area contributed by atoms with Gasteiger partial charge in [0.25, 0.3) is 5.56 Å². The number of H-pyrrole nitrogens is 1. The molecule has 0 aliphatic carbocycles. The van der Waals surface area contributed by atoms with Crippen molar-refractivity contribution in [2.75, 3.05) is 39.8 Å². The summed E-state index contributed by atoms with van der Waals surface area (Å²) in [5, 5.41) is 13.7. The van der Waals surface area contributed by atoms with Crippen molar-refractivity contribution in [2.24, 2.45) is 0 Å². The Hall–Kier alpha value is -2.62. The maximum Gasteiger partial charge on any atom is 0.253 e. The molecule has 9 nitrogen and oxygen atoms in total. The molecule has 0 amide bonds. The highest BCUT2D eigenvalue weighted by atomic mass is 16.5. The van der Waals surface area contributed by atoms with Crippen LogP contribution in [0.4, 0.5) is 0 Å². The number of likely N-dealkylation sites (N-methyl/N-ethyl adjacent to an activating group) is 1. The molecule has 2 fully saturated rings. The van der Waals surface area contributed by atoms with Crippen molar-refractivity contribution in [3.63, 3.8) is 0 Å². The van der Waals surface area contributed by atoms with Crippen molar-refractivity contribution >= 4 is 10.9 Å². The number of hydrogen-bond donors (Lipinski definition) is 1. The van der Waals surface area contributed by atoms with Crippen LogP contribution >= 0.6 is 0 Å². The lowest BCUT2D eigenvalue weighted by Crippen LogP contribution is -2.47. The highest BCUT2D eigenvalue weighted by Gasteiger charge is 2.33. The molecule has 1 N–H and O–H groups in total. The molecule has 2 atom stereocenters. The van der Waals surface area contributed by atoms with Gasteiger partial charge in [-0.1, -0.05) is 18.2 Å². The van der Waals surface area contributed by atoms with E-state index in [1.54, 1.807) is 0 Å². The fourth-order valence-electron chi connectivity index (χ4n) is 4.70.